The summed E-state index contributed by atoms with van der Waals surface area (Å²) in [7, 11) is 0. The van der Waals surface area contributed by atoms with E-state index in [1.165, 1.54) is 29.2 Å². The zero-order valence-corrected chi connectivity index (χ0v) is 15.8. The summed E-state index contributed by atoms with van der Waals surface area (Å²) in [6.45, 7) is 1.85. The molecule has 0 aromatic heterocycles. The molecule has 150 valence electrons. The number of benzene rings is 2. The van der Waals surface area contributed by atoms with Gasteiger partial charge in [-0.2, -0.15) is 0 Å². The fraction of sp³-hybridized carbons (Fsp3) is 0.286. The molecule has 1 fully saturated rings. The lowest BCUT2D eigenvalue weighted by atomic mass is 10.0. The Morgan fingerprint density at radius 1 is 1.17 bits per heavy atom. The lowest BCUT2D eigenvalue weighted by molar-refractivity contribution is -0.384. The Labute approximate surface area is 167 Å². The Hall–Kier alpha value is -3.55. The first kappa shape index (κ1) is 20.2. The highest BCUT2D eigenvalue weighted by molar-refractivity contribution is 6.02. The van der Waals surface area contributed by atoms with Gasteiger partial charge in [-0.3, -0.25) is 24.5 Å². The molecule has 2 aromatic carbocycles. The smallest absolute Gasteiger partial charge is 0.312 e. The van der Waals surface area contributed by atoms with Crippen molar-refractivity contribution in [2.75, 3.05) is 11.4 Å². The molecule has 3 rings (SSSR count). The van der Waals surface area contributed by atoms with Crippen LogP contribution in [0.3, 0.4) is 0 Å². The number of ketones is 1. The van der Waals surface area contributed by atoms with Gasteiger partial charge in [0.1, 0.15) is 0 Å². The van der Waals surface area contributed by atoms with E-state index in [0.717, 1.165) is 0 Å². The molecule has 1 aliphatic heterocycles. The Morgan fingerprint density at radius 2 is 1.83 bits per heavy atom. The lowest BCUT2D eigenvalue weighted by Gasteiger charge is -2.19. The number of Topliss-reactive ketones (excluding diaryl/α,β-unsaturated/α-hetero) is 1. The fourth-order valence-electron chi connectivity index (χ4n) is 3.22. The van der Waals surface area contributed by atoms with Crippen LogP contribution in [0.15, 0.2) is 54.6 Å². The third-order valence-corrected chi connectivity index (χ3v) is 4.81. The number of hydrogen-bond donors (Lipinski definition) is 0. The molecule has 2 aromatic rings. The highest BCUT2D eigenvalue weighted by Gasteiger charge is 2.38. The van der Waals surface area contributed by atoms with Crippen molar-refractivity contribution in [1.29, 1.82) is 0 Å². The van der Waals surface area contributed by atoms with Crippen molar-refractivity contribution in [3.8, 4) is 0 Å². The van der Waals surface area contributed by atoms with E-state index < -0.39 is 22.9 Å². The number of amides is 1. The van der Waals surface area contributed by atoms with Gasteiger partial charge < -0.3 is 9.64 Å². The molecule has 0 N–H and O–H groups in total. The average Bonchev–Trinajstić information content (AvgIpc) is 3.13. The second kappa shape index (κ2) is 8.64. The van der Waals surface area contributed by atoms with Gasteiger partial charge in [-0.15, -0.1) is 0 Å². The topological polar surface area (TPSA) is 107 Å². The second-order valence-electron chi connectivity index (χ2n) is 6.74. The van der Waals surface area contributed by atoms with Crippen LogP contribution in [0, 0.1) is 16.0 Å². The van der Waals surface area contributed by atoms with Crippen molar-refractivity contribution in [3.63, 3.8) is 0 Å². The summed E-state index contributed by atoms with van der Waals surface area (Å²) in [4.78, 5) is 49.1. The van der Waals surface area contributed by atoms with E-state index in [1.807, 2.05) is 0 Å². The first-order chi connectivity index (χ1) is 13.9. The minimum atomic E-state index is -0.909. The van der Waals surface area contributed by atoms with Crippen molar-refractivity contribution < 1.29 is 24.0 Å². The normalized spacial score (nSPS) is 17.1. The number of carbonyl (C=O) groups excluding carboxylic acids is 3. The molecule has 0 radical (unpaired) electrons. The van der Waals surface area contributed by atoms with Crippen LogP contribution in [0.1, 0.15) is 30.1 Å². The van der Waals surface area contributed by atoms with Crippen LogP contribution < -0.4 is 4.90 Å². The number of anilines is 1. The number of carbonyl (C=O) groups is 3. The fourth-order valence-corrected chi connectivity index (χ4v) is 3.22. The van der Waals surface area contributed by atoms with Crippen molar-refractivity contribution >= 4 is 29.0 Å². The molecule has 0 aliphatic carbocycles. The van der Waals surface area contributed by atoms with E-state index in [2.05, 4.69) is 0 Å². The minimum Gasteiger partial charge on any atom is -0.454 e. The second-order valence-corrected chi connectivity index (χ2v) is 6.74. The Bertz CT molecular complexity index is 926. The largest absolute Gasteiger partial charge is 0.454 e. The van der Waals surface area contributed by atoms with E-state index in [0.29, 0.717) is 17.7 Å². The highest BCUT2D eigenvalue weighted by Crippen LogP contribution is 2.28. The highest BCUT2D eigenvalue weighted by atomic mass is 16.6. The van der Waals surface area contributed by atoms with Gasteiger partial charge in [0.05, 0.1) is 10.8 Å². The number of esters is 1. The molecule has 8 heteroatoms. The van der Waals surface area contributed by atoms with Gasteiger partial charge in [0, 0.05) is 36.3 Å². The third kappa shape index (κ3) is 4.48. The van der Waals surface area contributed by atoms with Crippen molar-refractivity contribution in [2.45, 2.75) is 25.9 Å². The number of hydrogen-bond acceptors (Lipinski definition) is 6. The molecular weight excluding hydrogens is 376 g/mol. The first-order valence-electron chi connectivity index (χ1n) is 9.25. The monoisotopic (exact) mass is 396 g/mol. The maximum Gasteiger partial charge on any atom is 0.312 e. The Kier molecular flexibility index (Phi) is 6.01. The van der Waals surface area contributed by atoms with E-state index in [9.17, 15) is 24.5 Å². The standard InChI is InChI=1S/C21H20N2O6/c1-2-18(20(25)14-6-4-3-5-7-14)29-21(26)15-12-19(24)22(13-15)16-8-10-17(11-9-16)23(27)28/h3-11,15,18H,2,12-13H2,1H3/t15-,18+/m0/s1. The SMILES string of the molecule is CC[C@@H](OC(=O)[C@H]1CC(=O)N(c2ccc([N+](=O)[O-])cc2)C1)C(=O)c1ccccc1. The van der Waals surface area contributed by atoms with Gasteiger partial charge in [-0.05, 0) is 18.6 Å². The maximum absolute atomic E-state index is 12.6. The van der Waals surface area contributed by atoms with Gasteiger partial charge in [0.25, 0.3) is 5.69 Å². The summed E-state index contributed by atoms with van der Waals surface area (Å²) >= 11 is 0. The number of non-ortho nitro benzene ring substituents is 1. The number of rotatable bonds is 7. The summed E-state index contributed by atoms with van der Waals surface area (Å²) in [6.07, 6.45) is -0.619. The molecule has 1 saturated heterocycles. The quantitative estimate of drug-likeness (QED) is 0.308. The molecule has 29 heavy (non-hydrogen) atoms. The third-order valence-electron chi connectivity index (χ3n) is 4.81. The first-order valence-corrected chi connectivity index (χ1v) is 9.25. The molecule has 0 spiro atoms. The predicted molar refractivity (Wildman–Crippen MR) is 104 cm³/mol. The zero-order chi connectivity index (χ0) is 21.0. The van der Waals surface area contributed by atoms with Gasteiger partial charge in [0.2, 0.25) is 11.7 Å². The molecule has 2 atom stereocenters. The van der Waals surface area contributed by atoms with Gasteiger partial charge in [-0.25, -0.2) is 0 Å². The van der Waals surface area contributed by atoms with Gasteiger partial charge in [0.15, 0.2) is 6.10 Å². The summed E-state index contributed by atoms with van der Waals surface area (Å²) in [5, 5.41) is 10.8. The van der Waals surface area contributed by atoms with Crippen LogP contribution in [0.2, 0.25) is 0 Å². The predicted octanol–water partition coefficient (Wildman–Crippen LogP) is 3.15. The van der Waals surface area contributed by atoms with Crippen LogP contribution in [0.25, 0.3) is 0 Å². The Morgan fingerprint density at radius 3 is 2.41 bits per heavy atom. The maximum atomic E-state index is 12.6. The van der Waals surface area contributed by atoms with Gasteiger partial charge in [-0.1, -0.05) is 37.3 Å². The zero-order valence-electron chi connectivity index (χ0n) is 15.8. The van der Waals surface area contributed by atoms with Crippen molar-refractivity contribution in [1.82, 2.24) is 0 Å². The van der Waals surface area contributed by atoms with Crippen LogP contribution >= 0.6 is 0 Å². The summed E-state index contributed by atoms with van der Waals surface area (Å²) in [5.74, 6) is -1.85. The number of nitrogens with zero attached hydrogens (tertiary/aromatic N) is 2. The molecule has 8 nitrogen and oxygen atoms in total. The molecule has 0 bridgehead atoms. The molecule has 1 amide bonds. The summed E-state index contributed by atoms with van der Waals surface area (Å²) < 4.78 is 5.43. The molecule has 0 unspecified atom stereocenters. The van der Waals surface area contributed by atoms with E-state index in [4.69, 9.17) is 4.74 Å². The van der Waals surface area contributed by atoms with Crippen molar-refractivity contribution in [3.05, 3.63) is 70.3 Å². The van der Waals surface area contributed by atoms with Crippen LogP contribution in [-0.4, -0.2) is 35.2 Å². The lowest BCUT2D eigenvalue weighted by Crippen LogP contribution is -2.31. The summed E-state index contributed by atoms with van der Waals surface area (Å²) in [6, 6.07) is 14.1. The number of ether oxygens (including phenoxy) is 1. The summed E-state index contributed by atoms with van der Waals surface area (Å²) in [5.41, 5.74) is 0.854. The van der Waals surface area contributed by atoms with Crippen molar-refractivity contribution in [2.24, 2.45) is 5.92 Å². The van der Waals surface area contributed by atoms with Crippen LogP contribution in [-0.2, 0) is 14.3 Å². The van der Waals surface area contributed by atoms with Gasteiger partial charge >= 0.3 is 5.97 Å². The van der Waals surface area contributed by atoms with E-state index >= 15 is 0 Å². The molecular formula is C21H20N2O6. The van der Waals surface area contributed by atoms with E-state index in [-0.39, 0.29) is 30.3 Å². The average molecular weight is 396 g/mol. The molecule has 1 heterocycles. The van der Waals surface area contributed by atoms with E-state index in [1.54, 1.807) is 37.3 Å². The minimum absolute atomic E-state index is 0.0359. The van der Waals surface area contributed by atoms with Crippen LogP contribution in [0.4, 0.5) is 11.4 Å². The number of nitro benzene ring substituents is 1. The Balaban J connectivity index is 1.66. The van der Waals surface area contributed by atoms with Crippen LogP contribution in [0.5, 0.6) is 0 Å². The number of nitro groups is 1. The molecule has 0 saturated carbocycles. The molecule has 1 aliphatic rings.